The Morgan fingerprint density at radius 2 is 2.50 bits per heavy atom. The highest BCUT2D eigenvalue weighted by molar-refractivity contribution is 5.76. The summed E-state index contributed by atoms with van der Waals surface area (Å²) in [4.78, 5) is 11.2. The first kappa shape index (κ1) is 13.0. The van der Waals surface area contributed by atoms with E-state index < -0.39 is 0 Å². The third-order valence-electron chi connectivity index (χ3n) is 2.88. The minimum absolute atomic E-state index is 0.000298. The fourth-order valence-corrected chi connectivity index (χ4v) is 1.77. The molecule has 1 aliphatic rings. The minimum Gasteiger partial charge on any atom is -0.381 e. The molecule has 1 rings (SSSR count). The molecule has 1 heterocycles. The van der Waals surface area contributed by atoms with Crippen LogP contribution in [0.1, 0.15) is 19.8 Å². The second-order valence-corrected chi connectivity index (χ2v) is 4.10. The van der Waals surface area contributed by atoms with Crippen LogP contribution >= 0.6 is 0 Å². The van der Waals surface area contributed by atoms with Gasteiger partial charge in [-0.15, -0.1) is 6.42 Å². The predicted octanol–water partition coefficient (Wildman–Crippen LogP) is 0.141. The van der Waals surface area contributed by atoms with E-state index in [2.05, 4.69) is 23.5 Å². The molecule has 1 aliphatic heterocycles. The van der Waals surface area contributed by atoms with Crippen LogP contribution in [0, 0.1) is 18.3 Å². The molecule has 0 saturated carbocycles. The van der Waals surface area contributed by atoms with E-state index in [4.69, 9.17) is 11.2 Å². The number of rotatable bonds is 6. The van der Waals surface area contributed by atoms with Crippen molar-refractivity contribution in [3.63, 3.8) is 0 Å². The molecular weight excluding hydrogens is 204 g/mol. The van der Waals surface area contributed by atoms with Crippen molar-refractivity contribution in [3.8, 4) is 12.3 Å². The first-order chi connectivity index (χ1) is 7.74. The highest BCUT2D eigenvalue weighted by Gasteiger charge is 2.21. The molecular formula is C12H20N2O2. The molecule has 0 aliphatic carbocycles. The largest absolute Gasteiger partial charge is 0.381 e. The SMILES string of the molecule is C#CCNC(=O)CCNC(C)C1CCOC1. The molecule has 0 bridgehead atoms. The third-order valence-corrected chi connectivity index (χ3v) is 2.88. The van der Waals surface area contributed by atoms with Gasteiger partial charge in [0.25, 0.3) is 0 Å². The van der Waals surface area contributed by atoms with Gasteiger partial charge in [-0.05, 0) is 19.3 Å². The summed E-state index contributed by atoms with van der Waals surface area (Å²) in [5.41, 5.74) is 0. The number of terminal acetylenes is 1. The van der Waals surface area contributed by atoms with Crippen molar-refractivity contribution in [1.29, 1.82) is 0 Å². The Kier molecular flexibility index (Phi) is 5.91. The minimum atomic E-state index is 0.000298. The Bertz CT molecular complexity index is 254. The monoisotopic (exact) mass is 224 g/mol. The summed E-state index contributed by atoms with van der Waals surface area (Å²) in [6.07, 6.45) is 6.62. The van der Waals surface area contributed by atoms with Gasteiger partial charge in [0.05, 0.1) is 13.2 Å². The first-order valence-corrected chi connectivity index (χ1v) is 5.75. The summed E-state index contributed by atoms with van der Waals surface area (Å²) in [5, 5.41) is 5.98. The Morgan fingerprint density at radius 1 is 1.69 bits per heavy atom. The number of carbonyl (C=O) groups excluding carboxylic acids is 1. The maximum Gasteiger partial charge on any atom is 0.222 e. The molecule has 2 unspecified atom stereocenters. The number of amides is 1. The number of hydrogen-bond acceptors (Lipinski definition) is 3. The molecule has 1 amide bonds. The molecule has 90 valence electrons. The van der Waals surface area contributed by atoms with Gasteiger partial charge in [0.1, 0.15) is 0 Å². The molecule has 0 aromatic carbocycles. The Labute approximate surface area is 97.1 Å². The van der Waals surface area contributed by atoms with Crippen LogP contribution in [0.15, 0.2) is 0 Å². The lowest BCUT2D eigenvalue weighted by molar-refractivity contribution is -0.120. The van der Waals surface area contributed by atoms with Crippen LogP contribution < -0.4 is 10.6 Å². The van der Waals surface area contributed by atoms with Crippen LogP contribution in [0.3, 0.4) is 0 Å². The van der Waals surface area contributed by atoms with Crippen LogP contribution in [0.2, 0.25) is 0 Å². The third kappa shape index (κ3) is 4.65. The zero-order chi connectivity index (χ0) is 11.8. The molecule has 1 fully saturated rings. The van der Waals surface area contributed by atoms with Gasteiger partial charge in [0.2, 0.25) is 5.91 Å². The van der Waals surface area contributed by atoms with Crippen molar-refractivity contribution in [3.05, 3.63) is 0 Å². The molecule has 2 atom stereocenters. The zero-order valence-electron chi connectivity index (χ0n) is 9.79. The molecule has 0 spiro atoms. The number of hydrogen-bond donors (Lipinski definition) is 2. The van der Waals surface area contributed by atoms with Crippen LogP contribution in [0.25, 0.3) is 0 Å². The van der Waals surface area contributed by atoms with Gasteiger partial charge in [0, 0.05) is 25.6 Å². The molecule has 4 heteroatoms. The molecule has 4 nitrogen and oxygen atoms in total. The van der Waals surface area contributed by atoms with Gasteiger partial charge < -0.3 is 15.4 Å². The van der Waals surface area contributed by atoms with Gasteiger partial charge in [0.15, 0.2) is 0 Å². The van der Waals surface area contributed by atoms with Crippen LogP contribution in [-0.4, -0.2) is 38.3 Å². The lowest BCUT2D eigenvalue weighted by Gasteiger charge is -2.18. The second kappa shape index (κ2) is 7.26. The fraction of sp³-hybridized carbons (Fsp3) is 0.750. The maximum atomic E-state index is 11.2. The van der Waals surface area contributed by atoms with Crippen molar-refractivity contribution in [2.24, 2.45) is 5.92 Å². The number of carbonyl (C=O) groups is 1. The molecule has 2 N–H and O–H groups in total. The van der Waals surface area contributed by atoms with Crippen LogP contribution in [0.5, 0.6) is 0 Å². The quantitative estimate of drug-likeness (QED) is 0.631. The predicted molar refractivity (Wildman–Crippen MR) is 62.9 cm³/mol. The Hall–Kier alpha value is -1.05. The highest BCUT2D eigenvalue weighted by Crippen LogP contribution is 2.15. The smallest absolute Gasteiger partial charge is 0.222 e. The number of ether oxygens (including phenoxy) is 1. The standard InChI is InChI=1S/C12H20N2O2/c1-3-6-14-12(15)4-7-13-10(2)11-5-8-16-9-11/h1,10-11,13H,4-9H2,2H3,(H,14,15). The molecule has 1 saturated heterocycles. The Morgan fingerprint density at radius 3 is 3.12 bits per heavy atom. The highest BCUT2D eigenvalue weighted by atomic mass is 16.5. The van der Waals surface area contributed by atoms with E-state index in [1.165, 1.54) is 0 Å². The van der Waals surface area contributed by atoms with E-state index in [0.29, 0.717) is 31.5 Å². The van der Waals surface area contributed by atoms with Gasteiger partial charge >= 0.3 is 0 Å². The van der Waals surface area contributed by atoms with Gasteiger partial charge in [-0.1, -0.05) is 5.92 Å². The van der Waals surface area contributed by atoms with Crippen molar-refractivity contribution in [1.82, 2.24) is 10.6 Å². The summed E-state index contributed by atoms with van der Waals surface area (Å²) >= 11 is 0. The lowest BCUT2D eigenvalue weighted by atomic mass is 10.0. The molecule has 16 heavy (non-hydrogen) atoms. The second-order valence-electron chi connectivity index (χ2n) is 4.10. The Balaban J connectivity index is 2.05. The van der Waals surface area contributed by atoms with Crippen molar-refractivity contribution < 1.29 is 9.53 Å². The van der Waals surface area contributed by atoms with Crippen molar-refractivity contribution in [2.75, 3.05) is 26.3 Å². The van der Waals surface area contributed by atoms with Crippen LogP contribution in [-0.2, 0) is 9.53 Å². The van der Waals surface area contributed by atoms with E-state index in [-0.39, 0.29) is 5.91 Å². The summed E-state index contributed by atoms with van der Waals surface area (Å²) in [7, 11) is 0. The van der Waals surface area contributed by atoms with Gasteiger partial charge in [-0.3, -0.25) is 4.79 Å². The average molecular weight is 224 g/mol. The zero-order valence-corrected chi connectivity index (χ0v) is 9.79. The summed E-state index contributed by atoms with van der Waals surface area (Å²) in [5.74, 6) is 2.95. The summed E-state index contributed by atoms with van der Waals surface area (Å²) in [6, 6.07) is 0.405. The fourth-order valence-electron chi connectivity index (χ4n) is 1.77. The van der Waals surface area contributed by atoms with E-state index in [0.717, 1.165) is 19.6 Å². The van der Waals surface area contributed by atoms with E-state index in [1.54, 1.807) is 0 Å². The number of nitrogens with one attached hydrogen (secondary N) is 2. The molecule has 0 aromatic heterocycles. The lowest BCUT2D eigenvalue weighted by Crippen LogP contribution is -2.36. The molecule has 0 radical (unpaired) electrons. The van der Waals surface area contributed by atoms with Gasteiger partial charge in [-0.2, -0.15) is 0 Å². The van der Waals surface area contributed by atoms with E-state index in [9.17, 15) is 4.79 Å². The normalized spacial score (nSPS) is 21.4. The maximum absolute atomic E-state index is 11.2. The van der Waals surface area contributed by atoms with Crippen LogP contribution in [0.4, 0.5) is 0 Å². The van der Waals surface area contributed by atoms with E-state index >= 15 is 0 Å². The van der Waals surface area contributed by atoms with E-state index in [1.807, 2.05) is 0 Å². The summed E-state index contributed by atoms with van der Waals surface area (Å²) < 4.78 is 5.32. The summed E-state index contributed by atoms with van der Waals surface area (Å²) in [6.45, 7) is 4.83. The van der Waals surface area contributed by atoms with Gasteiger partial charge in [-0.25, -0.2) is 0 Å². The topological polar surface area (TPSA) is 50.4 Å². The van der Waals surface area contributed by atoms with Crippen molar-refractivity contribution >= 4 is 5.91 Å². The first-order valence-electron chi connectivity index (χ1n) is 5.75. The van der Waals surface area contributed by atoms with Crippen molar-refractivity contribution in [2.45, 2.75) is 25.8 Å². The molecule has 0 aromatic rings. The average Bonchev–Trinajstić information content (AvgIpc) is 2.79.